The molecule has 0 radical (unpaired) electrons. The number of nitrogens with one attached hydrogen (secondary N) is 2. The van der Waals surface area contributed by atoms with E-state index in [0.29, 0.717) is 32.5 Å². The fourth-order valence-electron chi connectivity index (χ4n) is 5.05. The molecular formula is C31H47N5O4. The number of rotatable bonds is 18. The number of amides is 1. The predicted octanol–water partition coefficient (Wildman–Crippen LogP) is 4.63. The lowest BCUT2D eigenvalue weighted by Gasteiger charge is -2.25. The minimum Gasteiger partial charge on any atom is -0.490 e. The largest absolute Gasteiger partial charge is 0.490 e. The van der Waals surface area contributed by atoms with Gasteiger partial charge in [0, 0.05) is 37.9 Å². The number of pyridine rings is 2. The van der Waals surface area contributed by atoms with Crippen molar-refractivity contribution in [3.05, 3.63) is 47.4 Å². The van der Waals surface area contributed by atoms with E-state index in [1.54, 1.807) is 6.20 Å². The summed E-state index contributed by atoms with van der Waals surface area (Å²) in [5.41, 5.74) is 3.23. The summed E-state index contributed by atoms with van der Waals surface area (Å²) in [5, 5.41) is 15.9. The number of carbonyl (C=O) groups excluding carboxylic acids is 1. The summed E-state index contributed by atoms with van der Waals surface area (Å²) in [7, 11) is 0. The molecule has 0 bridgehead atoms. The van der Waals surface area contributed by atoms with Gasteiger partial charge >= 0.3 is 5.97 Å². The number of nitrogens with zero attached hydrogens (tertiary/aromatic N) is 3. The average Bonchev–Trinajstić information content (AvgIpc) is 2.96. The van der Waals surface area contributed by atoms with Crippen molar-refractivity contribution in [3.63, 3.8) is 0 Å². The van der Waals surface area contributed by atoms with Crippen LogP contribution in [0.2, 0.25) is 0 Å². The first-order valence-corrected chi connectivity index (χ1v) is 14.9. The summed E-state index contributed by atoms with van der Waals surface area (Å²) in [4.78, 5) is 35.8. The SMILES string of the molecule is CCC(CC)CC(=O)NC(CCN(CCCCc1ccc2c(n1)NCCC2)CCOc1cccnc1C)C(=O)O. The summed E-state index contributed by atoms with van der Waals surface area (Å²) in [6, 6.07) is 7.18. The molecule has 220 valence electrons. The van der Waals surface area contributed by atoms with Gasteiger partial charge in [-0.25, -0.2) is 9.78 Å². The van der Waals surface area contributed by atoms with Crippen LogP contribution in [0.25, 0.3) is 0 Å². The standard InChI is InChI=1S/C31H47N5O4/c1-4-24(5-2)22-29(37)35-27(31(38)39)15-19-36(20-21-40-28-12-9-16-32-23(28)3)18-7-6-11-26-14-13-25-10-8-17-33-30(25)34-26/h9,12-14,16,24,27H,4-8,10-11,15,17-22H2,1-3H3,(H,33,34)(H,35,37)(H,38,39). The molecule has 3 rings (SSSR count). The van der Waals surface area contributed by atoms with Crippen LogP contribution in [0.1, 0.15) is 75.7 Å². The number of carbonyl (C=O) groups is 2. The molecule has 3 heterocycles. The van der Waals surface area contributed by atoms with Crippen LogP contribution in [0.3, 0.4) is 0 Å². The van der Waals surface area contributed by atoms with E-state index in [-0.39, 0.29) is 11.8 Å². The summed E-state index contributed by atoms with van der Waals surface area (Å²) in [6.45, 7) is 9.51. The number of ether oxygens (including phenoxy) is 1. The van der Waals surface area contributed by atoms with E-state index in [2.05, 4.69) is 46.5 Å². The maximum atomic E-state index is 12.5. The van der Waals surface area contributed by atoms with Crippen LogP contribution in [0.15, 0.2) is 30.5 Å². The second-order valence-electron chi connectivity index (χ2n) is 10.7. The van der Waals surface area contributed by atoms with Crippen LogP contribution in [0.5, 0.6) is 5.75 Å². The van der Waals surface area contributed by atoms with Crippen molar-refractivity contribution in [2.75, 3.05) is 38.1 Å². The van der Waals surface area contributed by atoms with E-state index in [4.69, 9.17) is 9.72 Å². The smallest absolute Gasteiger partial charge is 0.326 e. The Morgan fingerprint density at radius 1 is 1.15 bits per heavy atom. The summed E-state index contributed by atoms with van der Waals surface area (Å²) in [5.74, 6) is 0.882. The number of hydrogen-bond acceptors (Lipinski definition) is 7. The van der Waals surface area contributed by atoms with E-state index >= 15 is 0 Å². The summed E-state index contributed by atoms with van der Waals surface area (Å²) in [6.07, 6.45) is 9.34. The number of carboxylic acid groups (broad SMARTS) is 1. The van der Waals surface area contributed by atoms with E-state index < -0.39 is 12.0 Å². The molecule has 0 saturated heterocycles. The van der Waals surface area contributed by atoms with Crippen LogP contribution >= 0.6 is 0 Å². The molecule has 0 aliphatic carbocycles. The number of anilines is 1. The minimum atomic E-state index is -0.993. The maximum Gasteiger partial charge on any atom is 0.326 e. The van der Waals surface area contributed by atoms with Gasteiger partial charge in [-0.15, -0.1) is 0 Å². The number of aliphatic carboxylic acids is 1. The Morgan fingerprint density at radius 2 is 1.98 bits per heavy atom. The quantitative estimate of drug-likeness (QED) is 0.229. The molecule has 1 atom stereocenters. The zero-order valence-electron chi connectivity index (χ0n) is 24.5. The highest BCUT2D eigenvalue weighted by molar-refractivity contribution is 5.83. The average molecular weight is 554 g/mol. The molecule has 40 heavy (non-hydrogen) atoms. The predicted molar refractivity (Wildman–Crippen MR) is 158 cm³/mol. The highest BCUT2D eigenvalue weighted by atomic mass is 16.5. The van der Waals surface area contributed by atoms with Gasteiger partial charge in [0.2, 0.25) is 5.91 Å². The van der Waals surface area contributed by atoms with Crippen LogP contribution in [-0.2, 0) is 22.4 Å². The van der Waals surface area contributed by atoms with E-state index in [0.717, 1.165) is 81.0 Å². The first-order chi connectivity index (χ1) is 19.4. The minimum absolute atomic E-state index is 0.185. The van der Waals surface area contributed by atoms with Crippen molar-refractivity contribution in [2.45, 2.75) is 84.6 Å². The number of carboxylic acids is 1. The van der Waals surface area contributed by atoms with E-state index in [9.17, 15) is 14.7 Å². The Bertz CT molecular complexity index is 1080. The molecule has 0 fully saturated rings. The van der Waals surface area contributed by atoms with Crippen molar-refractivity contribution in [1.82, 2.24) is 20.2 Å². The van der Waals surface area contributed by atoms with Gasteiger partial charge in [-0.2, -0.15) is 0 Å². The molecule has 1 aliphatic rings. The lowest BCUT2D eigenvalue weighted by molar-refractivity contribution is -0.142. The van der Waals surface area contributed by atoms with Crippen molar-refractivity contribution >= 4 is 17.7 Å². The van der Waals surface area contributed by atoms with Gasteiger partial charge in [-0.1, -0.05) is 32.8 Å². The third-order valence-corrected chi connectivity index (χ3v) is 7.73. The fraction of sp³-hybridized carbons (Fsp3) is 0.613. The molecule has 3 N–H and O–H groups in total. The van der Waals surface area contributed by atoms with Gasteiger partial charge in [0.25, 0.3) is 0 Å². The molecule has 0 aromatic carbocycles. The fourth-order valence-corrected chi connectivity index (χ4v) is 5.05. The van der Waals surface area contributed by atoms with Crippen LogP contribution in [0.4, 0.5) is 5.82 Å². The van der Waals surface area contributed by atoms with Crippen LogP contribution in [0, 0.1) is 12.8 Å². The molecule has 0 spiro atoms. The van der Waals surface area contributed by atoms with Crippen molar-refractivity contribution < 1.29 is 19.4 Å². The van der Waals surface area contributed by atoms with Crippen LogP contribution < -0.4 is 15.4 Å². The molecule has 9 heteroatoms. The number of fused-ring (bicyclic) bond motifs is 1. The Kier molecular flexibility index (Phi) is 13.2. The molecule has 0 saturated carbocycles. The first kappa shape index (κ1) is 31.3. The van der Waals surface area contributed by atoms with Gasteiger partial charge in [0.05, 0.1) is 5.69 Å². The van der Waals surface area contributed by atoms with Gasteiger partial charge in [0.1, 0.15) is 24.2 Å². The van der Waals surface area contributed by atoms with Crippen LogP contribution in [-0.4, -0.2) is 70.7 Å². The maximum absolute atomic E-state index is 12.5. The molecular weight excluding hydrogens is 506 g/mol. The Labute approximate surface area is 239 Å². The first-order valence-electron chi connectivity index (χ1n) is 14.9. The van der Waals surface area contributed by atoms with Gasteiger partial charge < -0.3 is 20.5 Å². The highest BCUT2D eigenvalue weighted by Gasteiger charge is 2.22. The third-order valence-electron chi connectivity index (χ3n) is 7.73. The molecule has 1 amide bonds. The van der Waals surface area contributed by atoms with Gasteiger partial charge in [0.15, 0.2) is 0 Å². The number of aromatic nitrogens is 2. The lowest BCUT2D eigenvalue weighted by atomic mass is 9.99. The topological polar surface area (TPSA) is 117 Å². The molecule has 2 aromatic rings. The monoisotopic (exact) mass is 553 g/mol. The van der Waals surface area contributed by atoms with Gasteiger partial charge in [-0.05, 0) is 81.7 Å². The molecule has 2 aromatic heterocycles. The number of aryl methyl sites for hydroxylation is 3. The zero-order valence-corrected chi connectivity index (χ0v) is 24.5. The van der Waals surface area contributed by atoms with E-state index in [1.165, 1.54) is 5.56 Å². The van der Waals surface area contributed by atoms with Crippen molar-refractivity contribution in [2.24, 2.45) is 5.92 Å². The van der Waals surface area contributed by atoms with Crippen molar-refractivity contribution in [3.8, 4) is 5.75 Å². The second kappa shape index (κ2) is 16.8. The normalized spacial score (nSPS) is 13.5. The molecule has 1 aliphatic heterocycles. The Balaban J connectivity index is 1.53. The summed E-state index contributed by atoms with van der Waals surface area (Å²) < 4.78 is 5.98. The Hall–Kier alpha value is -3.20. The molecule has 1 unspecified atom stereocenters. The van der Waals surface area contributed by atoms with Crippen molar-refractivity contribution in [1.29, 1.82) is 0 Å². The van der Waals surface area contributed by atoms with E-state index in [1.807, 2.05) is 19.1 Å². The van der Waals surface area contributed by atoms with Gasteiger partial charge in [-0.3, -0.25) is 14.7 Å². The highest BCUT2D eigenvalue weighted by Crippen LogP contribution is 2.20. The lowest BCUT2D eigenvalue weighted by Crippen LogP contribution is -2.44. The molecule has 9 nitrogen and oxygen atoms in total. The Morgan fingerprint density at radius 3 is 2.73 bits per heavy atom. The zero-order chi connectivity index (χ0) is 28.7. The summed E-state index contributed by atoms with van der Waals surface area (Å²) >= 11 is 0. The number of hydrogen-bond donors (Lipinski definition) is 3. The number of unbranched alkanes of at least 4 members (excludes halogenated alkanes) is 1. The third kappa shape index (κ3) is 10.4. The second-order valence-corrected chi connectivity index (χ2v) is 10.7.